The van der Waals surface area contributed by atoms with E-state index in [0.717, 1.165) is 16.7 Å². The standard InChI is InChI=1S/C25H23FN6O3/c1-14-29-30-25(35-14)20-8-19-18(9-23(33)28-22(19)10-21(20)26)16-6-4-15(5-7-16)17-11-27-32(12-17)13-24(34)31(2)3/h4-12,24,34H,13H2,1-3H3,(H,28,33). The first-order valence-electron chi connectivity index (χ1n) is 10.9. The average Bonchev–Trinajstić information content (AvgIpc) is 3.47. The highest BCUT2D eigenvalue weighted by atomic mass is 19.1. The zero-order valence-electron chi connectivity index (χ0n) is 19.4. The summed E-state index contributed by atoms with van der Waals surface area (Å²) in [5.74, 6) is -0.164. The molecule has 2 N–H and O–H groups in total. The second-order valence-electron chi connectivity index (χ2n) is 8.52. The Morgan fingerprint density at radius 2 is 1.83 bits per heavy atom. The molecule has 9 nitrogen and oxygen atoms in total. The van der Waals surface area contributed by atoms with Crippen LogP contribution in [0.4, 0.5) is 4.39 Å². The number of fused-ring (bicyclic) bond motifs is 1. The number of pyridine rings is 1. The van der Waals surface area contributed by atoms with Gasteiger partial charge in [0.1, 0.15) is 12.0 Å². The molecule has 3 aromatic heterocycles. The van der Waals surface area contributed by atoms with Crippen molar-refractivity contribution in [2.24, 2.45) is 0 Å². The van der Waals surface area contributed by atoms with Crippen LogP contribution in [0.3, 0.4) is 0 Å². The molecular weight excluding hydrogens is 451 g/mol. The van der Waals surface area contributed by atoms with Crippen LogP contribution in [0, 0.1) is 12.7 Å². The summed E-state index contributed by atoms with van der Waals surface area (Å²) in [7, 11) is 3.60. The first kappa shape index (κ1) is 22.6. The largest absolute Gasteiger partial charge is 0.421 e. The van der Waals surface area contributed by atoms with E-state index in [0.29, 0.717) is 28.9 Å². The molecule has 0 aliphatic heterocycles. The monoisotopic (exact) mass is 474 g/mol. The van der Waals surface area contributed by atoms with Crippen LogP contribution in [0.2, 0.25) is 0 Å². The molecule has 0 saturated carbocycles. The number of halogens is 1. The van der Waals surface area contributed by atoms with Gasteiger partial charge >= 0.3 is 0 Å². The van der Waals surface area contributed by atoms with Gasteiger partial charge in [0.05, 0.1) is 23.8 Å². The molecule has 5 aromatic rings. The molecule has 0 amide bonds. The highest BCUT2D eigenvalue weighted by molar-refractivity contribution is 5.96. The number of aromatic nitrogens is 5. The number of hydrogen-bond donors (Lipinski definition) is 2. The van der Waals surface area contributed by atoms with E-state index in [9.17, 15) is 14.3 Å². The Labute approximate surface area is 199 Å². The molecule has 35 heavy (non-hydrogen) atoms. The third-order valence-electron chi connectivity index (χ3n) is 5.80. The number of nitrogens with zero attached hydrogens (tertiary/aromatic N) is 5. The van der Waals surface area contributed by atoms with E-state index in [-0.39, 0.29) is 17.0 Å². The van der Waals surface area contributed by atoms with E-state index < -0.39 is 12.0 Å². The highest BCUT2D eigenvalue weighted by Crippen LogP contribution is 2.33. The zero-order chi connectivity index (χ0) is 24.7. The Hall–Kier alpha value is -4.15. The number of aliphatic hydroxyl groups excluding tert-OH is 1. The maximum Gasteiger partial charge on any atom is 0.250 e. The number of benzene rings is 2. The molecular formula is C25H23FN6O3. The van der Waals surface area contributed by atoms with Crippen molar-refractivity contribution in [3.63, 3.8) is 0 Å². The minimum atomic E-state index is -0.639. The number of aliphatic hydroxyl groups is 1. The maximum absolute atomic E-state index is 14.8. The number of aryl methyl sites for hydroxylation is 1. The fraction of sp³-hybridized carbons (Fsp3) is 0.200. The fourth-order valence-electron chi connectivity index (χ4n) is 3.87. The van der Waals surface area contributed by atoms with Crippen molar-refractivity contribution < 1.29 is 13.9 Å². The second-order valence-corrected chi connectivity index (χ2v) is 8.52. The Balaban J connectivity index is 1.52. The molecule has 0 spiro atoms. The van der Waals surface area contributed by atoms with E-state index in [1.807, 2.05) is 30.5 Å². The smallest absolute Gasteiger partial charge is 0.250 e. The van der Waals surface area contributed by atoms with Gasteiger partial charge in [0.15, 0.2) is 0 Å². The normalized spacial score (nSPS) is 12.5. The summed E-state index contributed by atoms with van der Waals surface area (Å²) in [6.45, 7) is 1.98. The molecule has 1 unspecified atom stereocenters. The van der Waals surface area contributed by atoms with Crippen LogP contribution in [-0.4, -0.2) is 55.3 Å². The Morgan fingerprint density at radius 1 is 1.09 bits per heavy atom. The Kier molecular flexibility index (Phi) is 5.75. The predicted molar refractivity (Wildman–Crippen MR) is 129 cm³/mol. The van der Waals surface area contributed by atoms with Crippen LogP contribution in [-0.2, 0) is 6.54 Å². The lowest BCUT2D eigenvalue weighted by Gasteiger charge is -2.17. The number of nitrogens with one attached hydrogen (secondary N) is 1. The molecule has 0 aliphatic rings. The number of likely N-dealkylation sites (N-methyl/N-ethyl adjacent to an activating group) is 1. The minimum Gasteiger partial charge on any atom is -0.421 e. The maximum atomic E-state index is 14.8. The lowest BCUT2D eigenvalue weighted by Crippen LogP contribution is -2.31. The van der Waals surface area contributed by atoms with Crippen LogP contribution in [0.1, 0.15) is 5.89 Å². The predicted octanol–water partition coefficient (Wildman–Crippen LogP) is 3.44. The minimum absolute atomic E-state index is 0.0748. The second kappa shape index (κ2) is 8.90. The van der Waals surface area contributed by atoms with E-state index in [4.69, 9.17) is 4.42 Å². The Bertz CT molecular complexity index is 1570. The van der Waals surface area contributed by atoms with Gasteiger partial charge < -0.3 is 14.5 Å². The van der Waals surface area contributed by atoms with Gasteiger partial charge in [-0.2, -0.15) is 5.10 Å². The van der Waals surface area contributed by atoms with E-state index in [1.165, 1.54) is 12.1 Å². The first-order chi connectivity index (χ1) is 16.8. The van der Waals surface area contributed by atoms with Gasteiger partial charge in [0, 0.05) is 30.1 Å². The topological polar surface area (TPSA) is 113 Å². The quantitative estimate of drug-likeness (QED) is 0.363. The fourth-order valence-corrected chi connectivity index (χ4v) is 3.87. The van der Waals surface area contributed by atoms with Crippen molar-refractivity contribution in [2.45, 2.75) is 19.7 Å². The van der Waals surface area contributed by atoms with Crippen LogP contribution in [0.25, 0.3) is 44.6 Å². The molecule has 0 aliphatic carbocycles. The number of hydrogen-bond acceptors (Lipinski definition) is 7. The van der Waals surface area contributed by atoms with Gasteiger partial charge in [-0.3, -0.25) is 14.4 Å². The number of aromatic amines is 1. The summed E-state index contributed by atoms with van der Waals surface area (Å²) in [5, 5.41) is 22.7. The third-order valence-corrected chi connectivity index (χ3v) is 5.80. The zero-order valence-corrected chi connectivity index (χ0v) is 19.4. The van der Waals surface area contributed by atoms with E-state index >= 15 is 0 Å². The lowest BCUT2D eigenvalue weighted by molar-refractivity contribution is 0.0232. The van der Waals surface area contributed by atoms with Crippen molar-refractivity contribution in [1.29, 1.82) is 0 Å². The summed E-state index contributed by atoms with van der Waals surface area (Å²) in [5.41, 5.74) is 3.47. The molecule has 10 heteroatoms. The molecule has 2 aromatic carbocycles. The molecule has 0 radical (unpaired) electrons. The van der Waals surface area contributed by atoms with Crippen LogP contribution in [0.5, 0.6) is 0 Å². The molecule has 0 fully saturated rings. The molecule has 3 heterocycles. The summed E-state index contributed by atoms with van der Waals surface area (Å²) in [6.07, 6.45) is 2.97. The third kappa shape index (κ3) is 4.48. The van der Waals surface area contributed by atoms with E-state index in [2.05, 4.69) is 20.3 Å². The lowest BCUT2D eigenvalue weighted by atomic mass is 9.97. The molecule has 5 rings (SSSR count). The first-order valence-corrected chi connectivity index (χ1v) is 10.9. The van der Waals surface area contributed by atoms with Crippen LogP contribution >= 0.6 is 0 Å². The Morgan fingerprint density at radius 3 is 2.51 bits per heavy atom. The average molecular weight is 474 g/mol. The molecule has 1 atom stereocenters. The van der Waals surface area contributed by atoms with Gasteiger partial charge in [-0.15, -0.1) is 10.2 Å². The summed E-state index contributed by atoms with van der Waals surface area (Å²) < 4.78 is 21.9. The number of rotatable bonds is 6. The van der Waals surface area contributed by atoms with Crippen molar-refractivity contribution >= 4 is 10.9 Å². The SMILES string of the molecule is Cc1nnc(-c2cc3c(-c4ccc(-c5cnn(CC(O)N(C)C)c5)cc4)cc(=O)[nH]c3cc2F)o1. The van der Waals surface area contributed by atoms with Gasteiger partial charge in [-0.1, -0.05) is 24.3 Å². The van der Waals surface area contributed by atoms with Gasteiger partial charge in [0.2, 0.25) is 11.4 Å². The molecule has 0 saturated heterocycles. The van der Waals surface area contributed by atoms with Crippen molar-refractivity contribution in [3.8, 4) is 33.7 Å². The van der Waals surface area contributed by atoms with Gasteiger partial charge in [-0.25, -0.2) is 4.39 Å². The summed E-state index contributed by atoms with van der Waals surface area (Å²) >= 11 is 0. The van der Waals surface area contributed by atoms with Crippen molar-refractivity contribution in [1.82, 2.24) is 29.9 Å². The summed E-state index contributed by atoms with van der Waals surface area (Å²) in [6, 6.07) is 12.0. The van der Waals surface area contributed by atoms with Gasteiger partial charge in [0.25, 0.3) is 5.89 Å². The van der Waals surface area contributed by atoms with Crippen LogP contribution in [0.15, 0.2) is 64.1 Å². The molecule has 178 valence electrons. The molecule has 0 bridgehead atoms. The van der Waals surface area contributed by atoms with E-state index in [1.54, 1.807) is 42.9 Å². The van der Waals surface area contributed by atoms with Crippen molar-refractivity contribution in [3.05, 3.63) is 76.9 Å². The van der Waals surface area contributed by atoms with Gasteiger partial charge in [-0.05, 0) is 42.9 Å². The highest BCUT2D eigenvalue weighted by Gasteiger charge is 2.16. The van der Waals surface area contributed by atoms with Crippen LogP contribution < -0.4 is 5.56 Å². The number of H-pyrrole nitrogens is 1. The summed E-state index contributed by atoms with van der Waals surface area (Å²) in [4.78, 5) is 16.7. The van der Waals surface area contributed by atoms with Crippen molar-refractivity contribution in [2.75, 3.05) is 14.1 Å².